The molecule has 0 spiro atoms. The molecule has 2 fully saturated rings. The summed E-state index contributed by atoms with van der Waals surface area (Å²) in [5.41, 5.74) is 0.906. The number of hydrogen-bond donors (Lipinski definition) is 2. The number of halogens is 1. The zero-order chi connectivity index (χ0) is 16.1. The fourth-order valence-electron chi connectivity index (χ4n) is 3.45. The van der Waals surface area contributed by atoms with Gasteiger partial charge in [-0.3, -0.25) is 9.59 Å². The van der Waals surface area contributed by atoms with Crippen molar-refractivity contribution in [2.75, 3.05) is 24.5 Å². The van der Waals surface area contributed by atoms with Gasteiger partial charge in [-0.1, -0.05) is 18.2 Å². The second-order valence-electron chi connectivity index (χ2n) is 6.47. The highest BCUT2D eigenvalue weighted by atomic mass is 35.5. The second kappa shape index (κ2) is 9.04. The normalized spacial score (nSPS) is 21.4. The van der Waals surface area contributed by atoms with Gasteiger partial charge < -0.3 is 15.5 Å². The molecule has 0 saturated carbocycles. The predicted molar refractivity (Wildman–Crippen MR) is 97.4 cm³/mol. The van der Waals surface area contributed by atoms with Gasteiger partial charge in [-0.15, -0.1) is 12.4 Å². The molecular weight excluding hydrogens is 326 g/mol. The van der Waals surface area contributed by atoms with Gasteiger partial charge in [0.15, 0.2) is 0 Å². The first kappa shape index (κ1) is 18.7. The lowest BCUT2D eigenvalue weighted by molar-refractivity contribution is -0.126. The predicted octanol–water partition coefficient (Wildman–Crippen LogP) is 2.11. The number of hydrogen-bond acceptors (Lipinski definition) is 3. The molecule has 5 nitrogen and oxygen atoms in total. The van der Waals surface area contributed by atoms with E-state index in [1.54, 1.807) is 4.90 Å². The summed E-state index contributed by atoms with van der Waals surface area (Å²) in [7, 11) is 0. The minimum absolute atomic E-state index is 0. The Kier molecular flexibility index (Phi) is 7.06. The number of nitrogens with one attached hydrogen (secondary N) is 2. The van der Waals surface area contributed by atoms with E-state index in [9.17, 15) is 9.59 Å². The van der Waals surface area contributed by atoms with Crippen LogP contribution in [0.25, 0.3) is 0 Å². The van der Waals surface area contributed by atoms with Crippen molar-refractivity contribution in [2.24, 2.45) is 5.92 Å². The Bertz CT molecular complexity index is 546. The van der Waals surface area contributed by atoms with Gasteiger partial charge >= 0.3 is 0 Å². The van der Waals surface area contributed by atoms with E-state index in [4.69, 9.17) is 0 Å². The summed E-state index contributed by atoms with van der Waals surface area (Å²) in [6, 6.07) is 9.28. The first-order valence-electron chi connectivity index (χ1n) is 8.60. The Labute approximate surface area is 149 Å². The molecule has 1 atom stereocenters. The van der Waals surface area contributed by atoms with E-state index in [-0.39, 0.29) is 30.3 Å². The van der Waals surface area contributed by atoms with E-state index in [0.29, 0.717) is 25.3 Å². The molecule has 0 radical (unpaired) electrons. The molecule has 0 aliphatic carbocycles. The molecule has 6 heteroatoms. The molecule has 2 aliphatic rings. The number of carbonyl (C=O) groups is 2. The molecule has 1 unspecified atom stereocenters. The van der Waals surface area contributed by atoms with Gasteiger partial charge in [-0.25, -0.2) is 0 Å². The monoisotopic (exact) mass is 351 g/mol. The molecule has 0 aromatic heterocycles. The number of benzene rings is 1. The Morgan fingerprint density at radius 3 is 2.58 bits per heavy atom. The Morgan fingerprint density at radius 1 is 1.17 bits per heavy atom. The van der Waals surface area contributed by atoms with Crippen LogP contribution in [0, 0.1) is 5.92 Å². The zero-order valence-corrected chi connectivity index (χ0v) is 14.7. The maximum absolute atomic E-state index is 12.5. The summed E-state index contributed by atoms with van der Waals surface area (Å²) >= 11 is 0. The Hall–Kier alpha value is -1.59. The SMILES string of the molecule is Cl.O=C(CCC1CCNCC1)NC1CCN(c2ccccc2)C1=O. The smallest absolute Gasteiger partial charge is 0.249 e. The Balaban J connectivity index is 0.00000208. The quantitative estimate of drug-likeness (QED) is 0.854. The van der Waals surface area contributed by atoms with Gasteiger partial charge in [-0.05, 0) is 56.8 Å². The fraction of sp³-hybridized carbons (Fsp3) is 0.556. The van der Waals surface area contributed by atoms with Crippen LogP contribution in [0.15, 0.2) is 30.3 Å². The van der Waals surface area contributed by atoms with E-state index >= 15 is 0 Å². The maximum Gasteiger partial charge on any atom is 0.249 e. The molecule has 1 aromatic carbocycles. The minimum atomic E-state index is -0.365. The van der Waals surface area contributed by atoms with Crippen molar-refractivity contribution >= 4 is 29.9 Å². The van der Waals surface area contributed by atoms with Crippen LogP contribution >= 0.6 is 12.4 Å². The molecule has 2 aliphatic heterocycles. The van der Waals surface area contributed by atoms with Gasteiger partial charge in [0, 0.05) is 18.7 Å². The molecule has 2 N–H and O–H groups in total. The average Bonchev–Trinajstić information content (AvgIpc) is 2.95. The topological polar surface area (TPSA) is 61.4 Å². The van der Waals surface area contributed by atoms with E-state index in [2.05, 4.69) is 10.6 Å². The highest BCUT2D eigenvalue weighted by molar-refractivity contribution is 6.01. The number of piperidine rings is 1. The maximum atomic E-state index is 12.5. The van der Waals surface area contributed by atoms with Gasteiger partial charge in [-0.2, -0.15) is 0 Å². The number of carbonyl (C=O) groups excluding carboxylic acids is 2. The largest absolute Gasteiger partial charge is 0.344 e. The third kappa shape index (κ3) is 4.71. The van der Waals surface area contributed by atoms with E-state index in [0.717, 1.165) is 38.0 Å². The highest BCUT2D eigenvalue weighted by Gasteiger charge is 2.33. The molecule has 132 valence electrons. The minimum Gasteiger partial charge on any atom is -0.344 e. The summed E-state index contributed by atoms with van der Waals surface area (Å²) in [4.78, 5) is 26.3. The lowest BCUT2D eigenvalue weighted by Gasteiger charge is -2.22. The van der Waals surface area contributed by atoms with Gasteiger partial charge in [0.25, 0.3) is 0 Å². The molecule has 0 bridgehead atoms. The third-order valence-electron chi connectivity index (χ3n) is 4.85. The third-order valence-corrected chi connectivity index (χ3v) is 4.85. The summed E-state index contributed by atoms with van der Waals surface area (Å²) in [5, 5.41) is 6.26. The highest BCUT2D eigenvalue weighted by Crippen LogP contribution is 2.22. The van der Waals surface area contributed by atoms with Crippen LogP contribution in [0.2, 0.25) is 0 Å². The molecule has 24 heavy (non-hydrogen) atoms. The van der Waals surface area contributed by atoms with Crippen molar-refractivity contribution in [2.45, 2.75) is 38.1 Å². The first-order chi connectivity index (χ1) is 11.2. The first-order valence-corrected chi connectivity index (χ1v) is 8.60. The lowest BCUT2D eigenvalue weighted by Crippen LogP contribution is -2.41. The van der Waals surface area contributed by atoms with Crippen LogP contribution in [0.5, 0.6) is 0 Å². The molecule has 2 saturated heterocycles. The van der Waals surface area contributed by atoms with Gasteiger partial charge in [0.1, 0.15) is 6.04 Å². The summed E-state index contributed by atoms with van der Waals surface area (Å²) in [6.07, 6.45) is 4.44. The van der Waals surface area contributed by atoms with E-state index < -0.39 is 0 Å². The average molecular weight is 352 g/mol. The number of amides is 2. The molecule has 2 amide bonds. The number of nitrogens with zero attached hydrogens (tertiary/aromatic N) is 1. The fourth-order valence-corrected chi connectivity index (χ4v) is 3.45. The molecule has 3 rings (SSSR count). The molecular formula is C18H26ClN3O2. The molecule has 1 aromatic rings. The summed E-state index contributed by atoms with van der Waals surface area (Å²) in [6.45, 7) is 2.78. The number of para-hydroxylation sites is 1. The summed E-state index contributed by atoms with van der Waals surface area (Å²) < 4.78 is 0. The van der Waals surface area contributed by atoms with Crippen molar-refractivity contribution in [3.05, 3.63) is 30.3 Å². The van der Waals surface area contributed by atoms with Crippen LogP contribution < -0.4 is 15.5 Å². The van der Waals surface area contributed by atoms with Crippen molar-refractivity contribution in [1.29, 1.82) is 0 Å². The van der Waals surface area contributed by atoms with E-state index in [1.807, 2.05) is 30.3 Å². The van der Waals surface area contributed by atoms with Crippen LogP contribution in [0.4, 0.5) is 5.69 Å². The van der Waals surface area contributed by atoms with Crippen molar-refractivity contribution in [1.82, 2.24) is 10.6 Å². The van der Waals surface area contributed by atoms with Crippen LogP contribution in [0.1, 0.15) is 32.1 Å². The second-order valence-corrected chi connectivity index (χ2v) is 6.47. The summed E-state index contributed by atoms with van der Waals surface area (Å²) in [5.74, 6) is 0.658. The van der Waals surface area contributed by atoms with E-state index in [1.165, 1.54) is 0 Å². The lowest BCUT2D eigenvalue weighted by atomic mass is 9.93. The van der Waals surface area contributed by atoms with Crippen molar-refractivity contribution in [3.8, 4) is 0 Å². The number of rotatable bonds is 5. The Morgan fingerprint density at radius 2 is 1.88 bits per heavy atom. The molecule has 2 heterocycles. The van der Waals surface area contributed by atoms with Crippen LogP contribution in [-0.2, 0) is 9.59 Å². The van der Waals surface area contributed by atoms with Crippen molar-refractivity contribution < 1.29 is 9.59 Å². The van der Waals surface area contributed by atoms with Crippen LogP contribution in [-0.4, -0.2) is 37.5 Å². The number of anilines is 1. The van der Waals surface area contributed by atoms with Gasteiger partial charge in [0.05, 0.1) is 0 Å². The van der Waals surface area contributed by atoms with Crippen molar-refractivity contribution in [3.63, 3.8) is 0 Å². The van der Waals surface area contributed by atoms with Crippen LogP contribution in [0.3, 0.4) is 0 Å². The van der Waals surface area contributed by atoms with Gasteiger partial charge in [0.2, 0.25) is 11.8 Å². The standard InChI is InChI=1S/C18H25N3O2.ClH/c22-17(7-6-14-8-11-19-12-9-14)20-16-10-13-21(18(16)23)15-4-2-1-3-5-15;/h1-5,14,16,19H,6-13H2,(H,20,22);1H. The zero-order valence-electron chi connectivity index (χ0n) is 13.9.